The van der Waals surface area contributed by atoms with Gasteiger partial charge < -0.3 is 14.8 Å². The van der Waals surface area contributed by atoms with E-state index < -0.39 is 5.92 Å². The van der Waals surface area contributed by atoms with E-state index in [-0.39, 0.29) is 18.9 Å². The lowest BCUT2D eigenvalue weighted by Gasteiger charge is -2.39. The van der Waals surface area contributed by atoms with Crippen LogP contribution in [0.25, 0.3) is 27.8 Å². The predicted octanol–water partition coefficient (Wildman–Crippen LogP) is 3.92. The Morgan fingerprint density at radius 3 is 2.64 bits per heavy atom. The summed E-state index contributed by atoms with van der Waals surface area (Å²) in [7, 11) is 4.21. The van der Waals surface area contributed by atoms with Gasteiger partial charge in [0, 0.05) is 54.5 Å². The summed E-state index contributed by atoms with van der Waals surface area (Å²) in [5, 5.41) is 8.04. The summed E-state index contributed by atoms with van der Waals surface area (Å²) in [6, 6.07) is 4.71. The Labute approximate surface area is 189 Å². The molecule has 0 bridgehead atoms. The lowest BCUT2D eigenvalue weighted by Crippen LogP contribution is -2.47. The van der Waals surface area contributed by atoms with E-state index in [4.69, 9.17) is 0 Å². The van der Waals surface area contributed by atoms with Gasteiger partial charge in [0.05, 0.1) is 17.2 Å². The topological polar surface area (TPSA) is 76.2 Å². The summed E-state index contributed by atoms with van der Waals surface area (Å²) in [6.45, 7) is 1.84. The molecule has 0 aromatic carbocycles. The van der Waals surface area contributed by atoms with Crippen molar-refractivity contribution >= 4 is 22.6 Å². The number of halogens is 2. The molecule has 6 rings (SSSR count). The van der Waals surface area contributed by atoms with Crippen molar-refractivity contribution in [1.82, 2.24) is 34.0 Å². The fraction of sp³-hybridized carbons (Fsp3) is 0.478. The highest BCUT2D eigenvalue weighted by Crippen LogP contribution is 2.47. The minimum atomic E-state index is -2.59. The van der Waals surface area contributed by atoms with E-state index in [0.29, 0.717) is 29.5 Å². The van der Waals surface area contributed by atoms with E-state index in [1.54, 1.807) is 6.20 Å². The van der Waals surface area contributed by atoms with E-state index in [0.717, 1.165) is 35.0 Å². The Morgan fingerprint density at radius 1 is 1.12 bits per heavy atom. The highest BCUT2D eigenvalue weighted by molar-refractivity contribution is 5.85. The number of aromatic nitrogens is 6. The Morgan fingerprint density at radius 2 is 1.91 bits per heavy atom. The number of alkyl halides is 2. The third-order valence-corrected chi connectivity index (χ3v) is 7.06. The molecule has 8 nitrogen and oxygen atoms in total. The second-order valence-electron chi connectivity index (χ2n) is 9.58. The quantitative estimate of drug-likeness (QED) is 0.495. The van der Waals surface area contributed by atoms with E-state index in [2.05, 4.69) is 44.4 Å². The van der Waals surface area contributed by atoms with E-state index in [1.165, 1.54) is 0 Å². The van der Waals surface area contributed by atoms with Crippen molar-refractivity contribution in [3.63, 3.8) is 0 Å². The van der Waals surface area contributed by atoms with Crippen molar-refractivity contribution in [3.8, 4) is 11.1 Å². The van der Waals surface area contributed by atoms with Crippen LogP contribution >= 0.6 is 0 Å². The maximum Gasteiger partial charge on any atom is 0.252 e. The molecule has 33 heavy (non-hydrogen) atoms. The van der Waals surface area contributed by atoms with Crippen molar-refractivity contribution < 1.29 is 8.78 Å². The van der Waals surface area contributed by atoms with Crippen LogP contribution in [0.1, 0.15) is 37.5 Å². The monoisotopic (exact) mass is 452 g/mol. The van der Waals surface area contributed by atoms with Crippen LogP contribution in [0.15, 0.2) is 30.7 Å². The van der Waals surface area contributed by atoms with Crippen LogP contribution in [0, 0.1) is 6.92 Å². The number of aryl methyl sites for hydroxylation is 1. The van der Waals surface area contributed by atoms with Crippen molar-refractivity contribution in [1.29, 1.82) is 0 Å². The van der Waals surface area contributed by atoms with E-state index in [1.807, 2.05) is 40.5 Å². The first-order valence-corrected chi connectivity index (χ1v) is 11.3. The summed E-state index contributed by atoms with van der Waals surface area (Å²) < 4.78 is 30.7. The Balaban J connectivity index is 1.29. The average Bonchev–Trinajstić information content (AvgIpc) is 3.27. The zero-order valence-electron chi connectivity index (χ0n) is 18.8. The van der Waals surface area contributed by atoms with Gasteiger partial charge in [-0.3, -0.25) is 0 Å². The minimum absolute atomic E-state index is 0.154. The molecule has 2 fully saturated rings. The number of imidazole rings is 1. The molecule has 0 atom stereocenters. The first-order chi connectivity index (χ1) is 15.8. The van der Waals surface area contributed by atoms with Gasteiger partial charge >= 0.3 is 0 Å². The molecule has 0 amide bonds. The number of hydrogen-bond acceptors (Lipinski definition) is 6. The number of fused-ring (bicyclic) bond motifs is 2. The summed E-state index contributed by atoms with van der Waals surface area (Å²) >= 11 is 0. The molecule has 4 aromatic heterocycles. The lowest BCUT2D eigenvalue weighted by molar-refractivity contribution is -0.103. The van der Waals surface area contributed by atoms with Gasteiger partial charge in [0.25, 0.3) is 5.92 Å². The fourth-order valence-corrected chi connectivity index (χ4v) is 5.03. The second kappa shape index (κ2) is 7.18. The Bertz CT molecular complexity index is 1340. The molecule has 2 saturated carbocycles. The highest BCUT2D eigenvalue weighted by atomic mass is 19.3. The van der Waals surface area contributed by atoms with Gasteiger partial charge in [-0.05, 0) is 46.0 Å². The second-order valence-corrected chi connectivity index (χ2v) is 9.58. The maximum absolute atomic E-state index is 13.5. The molecular formula is C23H26F2N8. The van der Waals surface area contributed by atoms with Crippen LogP contribution in [-0.4, -0.2) is 66.1 Å². The van der Waals surface area contributed by atoms with Crippen LogP contribution in [-0.2, 0) is 0 Å². The van der Waals surface area contributed by atoms with Crippen LogP contribution < -0.4 is 5.32 Å². The third-order valence-electron chi connectivity index (χ3n) is 7.06. The van der Waals surface area contributed by atoms with Gasteiger partial charge in [0.1, 0.15) is 5.82 Å². The largest absolute Gasteiger partial charge is 0.350 e. The highest BCUT2D eigenvalue weighted by Gasteiger charge is 2.47. The SMILES string of the molecule is Cc1nc2ncc(-c3ccn4nc(N[C@H]5C[C@H](N(C)C)C5)ncc34)cc2n1C1CC(F)(F)C1. The zero-order chi connectivity index (χ0) is 22.9. The van der Waals surface area contributed by atoms with Crippen molar-refractivity contribution in [2.75, 3.05) is 19.4 Å². The molecule has 0 saturated heterocycles. The zero-order valence-corrected chi connectivity index (χ0v) is 18.8. The molecule has 4 heterocycles. The molecule has 4 aromatic rings. The van der Waals surface area contributed by atoms with Crippen molar-refractivity contribution in [2.24, 2.45) is 0 Å². The van der Waals surface area contributed by atoms with Gasteiger partial charge in [-0.1, -0.05) is 0 Å². The number of hydrogen-bond donors (Lipinski definition) is 1. The van der Waals surface area contributed by atoms with Crippen LogP contribution in [0.4, 0.5) is 14.7 Å². The molecule has 0 aliphatic heterocycles. The molecule has 10 heteroatoms. The summed E-state index contributed by atoms with van der Waals surface area (Å²) in [4.78, 5) is 15.8. The Kier molecular flexibility index (Phi) is 4.45. The normalized spacial score (nSPS) is 22.6. The van der Waals surface area contributed by atoms with Crippen LogP contribution in [0.3, 0.4) is 0 Å². The number of nitrogens with zero attached hydrogens (tertiary/aromatic N) is 7. The van der Waals surface area contributed by atoms with Crippen molar-refractivity contribution in [2.45, 2.75) is 56.7 Å². The molecule has 0 unspecified atom stereocenters. The first-order valence-electron chi connectivity index (χ1n) is 11.3. The first kappa shape index (κ1) is 20.5. The standard InChI is InChI=1S/C23H26F2N8/c1-13-28-21-19(33(13)17-9-23(24,25)10-17)6-14(11-26-21)18-4-5-32-20(18)12-27-22(30-32)29-15-7-16(8-15)31(2)3/h4-6,11-12,15-17H,7-10H2,1-3H3,(H,29,30)/t15-,16-. The number of nitrogens with one attached hydrogen (secondary N) is 1. The van der Waals surface area contributed by atoms with E-state index >= 15 is 0 Å². The summed E-state index contributed by atoms with van der Waals surface area (Å²) in [5.41, 5.74) is 4.05. The van der Waals surface area contributed by atoms with Crippen LogP contribution in [0.2, 0.25) is 0 Å². The molecule has 2 aliphatic rings. The number of pyridine rings is 1. The molecule has 172 valence electrons. The number of rotatable bonds is 5. The van der Waals surface area contributed by atoms with Gasteiger partial charge in [-0.25, -0.2) is 28.2 Å². The summed E-state index contributed by atoms with van der Waals surface area (Å²) in [5.74, 6) is -1.27. The Hall–Kier alpha value is -3.14. The van der Waals surface area contributed by atoms with E-state index in [9.17, 15) is 8.78 Å². The molecule has 1 N–H and O–H groups in total. The van der Waals surface area contributed by atoms with Gasteiger partial charge in [0.2, 0.25) is 5.95 Å². The summed E-state index contributed by atoms with van der Waals surface area (Å²) in [6.07, 6.45) is 7.34. The van der Waals surface area contributed by atoms with Crippen molar-refractivity contribution in [3.05, 3.63) is 36.5 Å². The van der Waals surface area contributed by atoms with Gasteiger partial charge in [-0.2, -0.15) is 0 Å². The molecule has 0 radical (unpaired) electrons. The smallest absolute Gasteiger partial charge is 0.252 e. The molecule has 0 spiro atoms. The van der Waals surface area contributed by atoms with Crippen LogP contribution in [0.5, 0.6) is 0 Å². The fourth-order valence-electron chi connectivity index (χ4n) is 5.03. The third kappa shape index (κ3) is 3.43. The molecule has 2 aliphatic carbocycles. The predicted molar refractivity (Wildman–Crippen MR) is 122 cm³/mol. The lowest BCUT2D eigenvalue weighted by atomic mass is 9.86. The van der Waals surface area contributed by atoms with Gasteiger partial charge in [-0.15, -0.1) is 5.10 Å². The number of anilines is 1. The molecular weight excluding hydrogens is 426 g/mol. The van der Waals surface area contributed by atoms with Gasteiger partial charge in [0.15, 0.2) is 5.65 Å². The average molecular weight is 453 g/mol. The minimum Gasteiger partial charge on any atom is -0.350 e. The maximum atomic E-state index is 13.5.